The van der Waals surface area contributed by atoms with Crippen molar-refractivity contribution in [1.29, 1.82) is 0 Å². The number of ether oxygens (including phenoxy) is 1. The van der Waals surface area contributed by atoms with E-state index in [2.05, 4.69) is 39.3 Å². The summed E-state index contributed by atoms with van der Waals surface area (Å²) in [5, 5.41) is 6.97. The third kappa shape index (κ3) is 9.79. The number of likely N-dealkylation sites (N-methyl/N-ethyl adjacent to an activating group) is 1. The predicted octanol–water partition coefficient (Wildman–Crippen LogP) is 1.46. The van der Waals surface area contributed by atoms with E-state index in [1.165, 1.54) is 6.42 Å². The van der Waals surface area contributed by atoms with Gasteiger partial charge in [0.1, 0.15) is 0 Å². The lowest BCUT2D eigenvalue weighted by atomic mass is 10.0. The number of rotatable bonds is 10. The van der Waals surface area contributed by atoms with Crippen LogP contribution in [-0.4, -0.2) is 112 Å². The first kappa shape index (κ1) is 28.4. The van der Waals surface area contributed by atoms with E-state index in [1.54, 1.807) is 4.90 Å². The van der Waals surface area contributed by atoms with Crippen molar-refractivity contribution in [1.82, 2.24) is 25.3 Å². The molecule has 0 aromatic rings. The van der Waals surface area contributed by atoms with E-state index < -0.39 is 0 Å². The van der Waals surface area contributed by atoms with Crippen LogP contribution < -0.4 is 10.6 Å². The molecule has 1 amide bonds. The van der Waals surface area contributed by atoms with Gasteiger partial charge < -0.3 is 20.3 Å². The van der Waals surface area contributed by atoms with Gasteiger partial charge in [-0.3, -0.25) is 19.6 Å². The van der Waals surface area contributed by atoms with Gasteiger partial charge in [0.25, 0.3) is 0 Å². The maximum atomic E-state index is 12.3. The molecule has 0 aromatic carbocycles. The minimum absolute atomic E-state index is 0. The summed E-state index contributed by atoms with van der Waals surface area (Å²) in [4.78, 5) is 23.3. The third-order valence-corrected chi connectivity index (χ3v) is 6.04. The molecule has 2 aliphatic heterocycles. The van der Waals surface area contributed by atoms with Gasteiger partial charge in [-0.1, -0.05) is 13.8 Å². The summed E-state index contributed by atoms with van der Waals surface area (Å²) in [5.41, 5.74) is 0. The molecule has 0 spiro atoms. The summed E-state index contributed by atoms with van der Waals surface area (Å²) in [6.07, 6.45) is 4.25. The lowest BCUT2D eigenvalue weighted by Crippen LogP contribution is -2.51. The van der Waals surface area contributed by atoms with Crippen LogP contribution in [0.15, 0.2) is 4.99 Å². The van der Waals surface area contributed by atoms with Gasteiger partial charge in [0.15, 0.2) is 5.96 Å². The second-order valence-corrected chi connectivity index (χ2v) is 9.09. The Balaban J connectivity index is 0.00000480. The number of hydrogen-bond acceptors (Lipinski definition) is 5. The van der Waals surface area contributed by atoms with Gasteiger partial charge in [0.05, 0.1) is 19.3 Å². The number of nitrogens with zero attached hydrogens (tertiary/aromatic N) is 4. The van der Waals surface area contributed by atoms with Crippen LogP contribution in [0.25, 0.3) is 0 Å². The van der Waals surface area contributed by atoms with Gasteiger partial charge in [-0.25, -0.2) is 0 Å². The number of carbonyl (C=O) groups is 1. The summed E-state index contributed by atoms with van der Waals surface area (Å²) >= 11 is 0. The van der Waals surface area contributed by atoms with Crippen LogP contribution in [0.2, 0.25) is 0 Å². The zero-order chi connectivity index (χ0) is 21.9. The van der Waals surface area contributed by atoms with Crippen molar-refractivity contribution in [3.63, 3.8) is 0 Å². The number of nitrogens with one attached hydrogen (secondary N) is 2. The Hall–Kier alpha value is -0.650. The van der Waals surface area contributed by atoms with Crippen LogP contribution in [0, 0.1) is 5.92 Å². The van der Waals surface area contributed by atoms with Crippen molar-refractivity contribution in [2.45, 2.75) is 51.6 Å². The largest absolute Gasteiger partial charge is 0.379 e. The van der Waals surface area contributed by atoms with Crippen LogP contribution in [0.1, 0.15) is 39.5 Å². The second-order valence-electron chi connectivity index (χ2n) is 9.09. The summed E-state index contributed by atoms with van der Waals surface area (Å²) in [6.45, 7) is 12.0. The molecule has 9 heteroatoms. The summed E-state index contributed by atoms with van der Waals surface area (Å²) in [6, 6.07) is 0.553. The molecule has 0 saturated carbocycles. The quantitative estimate of drug-likeness (QED) is 0.185. The average molecular weight is 553 g/mol. The number of halogens is 1. The Bertz CT molecular complexity index is 540. The van der Waals surface area contributed by atoms with Crippen LogP contribution in [-0.2, 0) is 9.53 Å². The molecule has 0 aliphatic carbocycles. The number of morpholine rings is 1. The molecular weight excluding hydrogens is 507 g/mol. The SMILES string of the molecule is CN=C(NCCCN1CCCC1C(=O)N(C)C)NCC(CC(C)C)N1CCOCC1.I. The second kappa shape index (κ2) is 15.2. The fourth-order valence-corrected chi connectivity index (χ4v) is 4.44. The van der Waals surface area contributed by atoms with E-state index in [0.717, 1.165) is 77.7 Å². The predicted molar refractivity (Wildman–Crippen MR) is 138 cm³/mol. The Labute approximate surface area is 206 Å². The fourth-order valence-electron chi connectivity index (χ4n) is 4.44. The molecule has 0 radical (unpaired) electrons. The van der Waals surface area contributed by atoms with Crippen molar-refractivity contribution in [2.75, 3.05) is 73.6 Å². The molecule has 0 aromatic heterocycles. The molecule has 2 saturated heterocycles. The first-order valence-corrected chi connectivity index (χ1v) is 11.6. The van der Waals surface area contributed by atoms with E-state index in [4.69, 9.17) is 4.74 Å². The van der Waals surface area contributed by atoms with Crippen molar-refractivity contribution >= 4 is 35.8 Å². The highest BCUT2D eigenvalue weighted by atomic mass is 127. The van der Waals surface area contributed by atoms with Gasteiger partial charge in [0.2, 0.25) is 5.91 Å². The molecule has 2 rings (SSSR count). The van der Waals surface area contributed by atoms with Gasteiger partial charge in [0, 0.05) is 59.9 Å². The molecule has 2 heterocycles. The van der Waals surface area contributed by atoms with Crippen LogP contribution >= 0.6 is 24.0 Å². The highest BCUT2D eigenvalue weighted by Gasteiger charge is 2.31. The third-order valence-electron chi connectivity index (χ3n) is 6.04. The summed E-state index contributed by atoms with van der Waals surface area (Å²) in [7, 11) is 5.52. The smallest absolute Gasteiger partial charge is 0.239 e. The molecule has 2 N–H and O–H groups in total. The van der Waals surface area contributed by atoms with Crippen molar-refractivity contribution in [2.24, 2.45) is 10.9 Å². The number of aliphatic imine (C=N–C) groups is 1. The Morgan fingerprint density at radius 2 is 1.90 bits per heavy atom. The lowest BCUT2D eigenvalue weighted by molar-refractivity contribution is -0.133. The molecule has 2 atom stereocenters. The minimum atomic E-state index is 0. The van der Waals surface area contributed by atoms with Gasteiger partial charge in [-0.15, -0.1) is 24.0 Å². The molecule has 2 unspecified atom stereocenters. The number of guanidine groups is 1. The van der Waals surface area contributed by atoms with Gasteiger partial charge in [-0.05, 0) is 38.1 Å². The summed E-state index contributed by atoms with van der Waals surface area (Å²) < 4.78 is 5.52. The molecule has 0 bridgehead atoms. The number of amides is 1. The molecular formula is C22H45IN6O2. The highest BCUT2D eigenvalue weighted by molar-refractivity contribution is 14.0. The van der Waals surface area contributed by atoms with Crippen molar-refractivity contribution < 1.29 is 9.53 Å². The van der Waals surface area contributed by atoms with E-state index in [9.17, 15) is 4.79 Å². The highest BCUT2D eigenvalue weighted by Crippen LogP contribution is 2.18. The first-order valence-electron chi connectivity index (χ1n) is 11.6. The fraction of sp³-hybridized carbons (Fsp3) is 0.909. The molecule has 2 fully saturated rings. The number of carbonyl (C=O) groups excluding carboxylic acids is 1. The van der Waals surface area contributed by atoms with Crippen LogP contribution in [0.3, 0.4) is 0 Å². The molecule has 8 nitrogen and oxygen atoms in total. The van der Waals surface area contributed by atoms with Gasteiger partial charge >= 0.3 is 0 Å². The lowest BCUT2D eigenvalue weighted by Gasteiger charge is -2.35. The van der Waals surface area contributed by atoms with Crippen LogP contribution in [0.4, 0.5) is 0 Å². The molecule has 182 valence electrons. The Morgan fingerprint density at radius 3 is 2.52 bits per heavy atom. The molecule has 2 aliphatic rings. The minimum Gasteiger partial charge on any atom is -0.379 e. The maximum Gasteiger partial charge on any atom is 0.239 e. The Morgan fingerprint density at radius 1 is 1.19 bits per heavy atom. The maximum absolute atomic E-state index is 12.3. The van der Waals surface area contributed by atoms with E-state index in [1.807, 2.05) is 21.1 Å². The number of hydrogen-bond donors (Lipinski definition) is 2. The van der Waals surface area contributed by atoms with Crippen molar-refractivity contribution in [3.8, 4) is 0 Å². The number of likely N-dealkylation sites (tertiary alicyclic amines) is 1. The van der Waals surface area contributed by atoms with Gasteiger partial charge in [-0.2, -0.15) is 0 Å². The molecule has 31 heavy (non-hydrogen) atoms. The average Bonchev–Trinajstić information content (AvgIpc) is 3.20. The normalized spacial score (nSPS) is 21.6. The van der Waals surface area contributed by atoms with E-state index in [0.29, 0.717) is 12.0 Å². The van der Waals surface area contributed by atoms with Crippen LogP contribution in [0.5, 0.6) is 0 Å². The Kier molecular flexibility index (Phi) is 13.9. The standard InChI is InChI=1S/C22H44N6O2.HI/c1-18(2)16-19(27-12-14-30-15-13-27)17-25-22(23-3)24-9-7-11-28-10-6-8-20(28)21(29)26(4)5;/h18-20H,6-17H2,1-5H3,(H2,23,24,25);1H. The van der Waals surface area contributed by atoms with E-state index >= 15 is 0 Å². The topological polar surface area (TPSA) is 72.4 Å². The monoisotopic (exact) mass is 552 g/mol. The van der Waals surface area contributed by atoms with Crippen molar-refractivity contribution in [3.05, 3.63) is 0 Å². The summed E-state index contributed by atoms with van der Waals surface area (Å²) in [5.74, 6) is 1.75. The first-order chi connectivity index (χ1) is 14.4. The zero-order valence-corrected chi connectivity index (χ0v) is 22.6. The zero-order valence-electron chi connectivity index (χ0n) is 20.2. The van der Waals surface area contributed by atoms with E-state index in [-0.39, 0.29) is 35.9 Å².